The highest BCUT2D eigenvalue weighted by molar-refractivity contribution is 6.35. The molecule has 5 rings (SSSR count). The van der Waals surface area contributed by atoms with E-state index >= 15 is 0 Å². The van der Waals surface area contributed by atoms with Gasteiger partial charge in [-0.3, -0.25) is 4.98 Å². The molecule has 2 aromatic carbocycles. The number of nitrogens with one attached hydrogen (secondary N) is 1. The molecule has 162 valence electrons. The number of aromatic nitrogens is 2. The highest BCUT2D eigenvalue weighted by Crippen LogP contribution is 2.33. The molecule has 0 saturated carbocycles. The molecule has 1 aliphatic heterocycles. The van der Waals surface area contributed by atoms with Crippen LogP contribution in [0.4, 0.5) is 0 Å². The number of benzene rings is 2. The highest BCUT2D eigenvalue weighted by atomic mass is 35.5. The first kappa shape index (κ1) is 21.1. The molecule has 4 nitrogen and oxygen atoms in total. The Kier molecular flexibility index (Phi) is 5.92. The number of aromatic amines is 1. The van der Waals surface area contributed by atoms with Gasteiger partial charge in [-0.15, -0.1) is 0 Å². The van der Waals surface area contributed by atoms with E-state index in [0.717, 1.165) is 41.7 Å². The van der Waals surface area contributed by atoms with Crippen LogP contribution in [0.25, 0.3) is 27.6 Å². The van der Waals surface area contributed by atoms with E-state index in [2.05, 4.69) is 52.4 Å². The molecular formula is C26H23Cl2N3O. The van der Waals surface area contributed by atoms with E-state index in [1.54, 1.807) is 6.20 Å². The first-order valence-corrected chi connectivity index (χ1v) is 11.3. The van der Waals surface area contributed by atoms with Crippen molar-refractivity contribution in [3.05, 3.63) is 88.3 Å². The molecule has 3 heterocycles. The van der Waals surface area contributed by atoms with Gasteiger partial charge in [0, 0.05) is 63.1 Å². The lowest BCUT2D eigenvalue weighted by molar-refractivity contribution is 0.305. The van der Waals surface area contributed by atoms with Crippen LogP contribution in [0, 0.1) is 0 Å². The topological polar surface area (TPSA) is 41.2 Å². The minimum Gasteiger partial charge on any atom is -0.487 e. The van der Waals surface area contributed by atoms with Crippen molar-refractivity contribution in [1.29, 1.82) is 0 Å². The van der Waals surface area contributed by atoms with Gasteiger partial charge < -0.3 is 14.6 Å². The third kappa shape index (κ3) is 4.26. The fourth-order valence-electron chi connectivity index (χ4n) is 4.06. The van der Waals surface area contributed by atoms with Gasteiger partial charge in [-0.2, -0.15) is 0 Å². The SMILES string of the molecule is CN1CC=C(c2c[nH]c3ccc(-c4cncc(OCc5c(Cl)cccc5Cl)c4)cc23)CC1. The summed E-state index contributed by atoms with van der Waals surface area (Å²) in [6.07, 6.45) is 9.07. The van der Waals surface area contributed by atoms with Crippen molar-refractivity contribution in [2.75, 3.05) is 20.1 Å². The Balaban J connectivity index is 1.42. The number of hydrogen-bond acceptors (Lipinski definition) is 3. The summed E-state index contributed by atoms with van der Waals surface area (Å²) in [4.78, 5) is 10.1. The maximum Gasteiger partial charge on any atom is 0.138 e. The molecular weight excluding hydrogens is 441 g/mol. The van der Waals surface area contributed by atoms with Crippen molar-refractivity contribution in [1.82, 2.24) is 14.9 Å². The molecule has 0 amide bonds. The molecule has 2 aromatic heterocycles. The van der Waals surface area contributed by atoms with Crippen molar-refractivity contribution in [3.8, 4) is 16.9 Å². The van der Waals surface area contributed by atoms with Crippen molar-refractivity contribution >= 4 is 39.7 Å². The third-order valence-electron chi connectivity index (χ3n) is 5.93. The normalized spacial score (nSPS) is 14.5. The van der Waals surface area contributed by atoms with Crippen LogP contribution in [-0.2, 0) is 6.61 Å². The van der Waals surface area contributed by atoms with Crippen LogP contribution < -0.4 is 4.74 Å². The zero-order valence-electron chi connectivity index (χ0n) is 17.7. The largest absolute Gasteiger partial charge is 0.487 e. The Morgan fingerprint density at radius 2 is 1.91 bits per heavy atom. The molecule has 6 heteroatoms. The number of fused-ring (bicyclic) bond motifs is 1. The molecule has 0 aliphatic carbocycles. The van der Waals surface area contributed by atoms with Crippen molar-refractivity contribution in [2.45, 2.75) is 13.0 Å². The Morgan fingerprint density at radius 1 is 1.06 bits per heavy atom. The minimum atomic E-state index is 0.285. The van der Waals surface area contributed by atoms with E-state index in [9.17, 15) is 0 Å². The van der Waals surface area contributed by atoms with Gasteiger partial charge in [0.1, 0.15) is 12.4 Å². The molecule has 0 unspecified atom stereocenters. The molecule has 0 fully saturated rings. The van der Waals surface area contributed by atoms with Crippen LogP contribution in [0.2, 0.25) is 10.0 Å². The molecule has 4 aromatic rings. The number of hydrogen-bond donors (Lipinski definition) is 1. The van der Waals surface area contributed by atoms with Crippen molar-refractivity contribution < 1.29 is 4.74 Å². The third-order valence-corrected chi connectivity index (χ3v) is 6.64. The summed E-state index contributed by atoms with van der Waals surface area (Å²) in [6, 6.07) is 13.9. The second-order valence-corrected chi connectivity index (χ2v) is 8.92. The van der Waals surface area contributed by atoms with Gasteiger partial charge in [0.25, 0.3) is 0 Å². The summed E-state index contributed by atoms with van der Waals surface area (Å²) < 4.78 is 5.97. The van der Waals surface area contributed by atoms with Gasteiger partial charge in [0.2, 0.25) is 0 Å². The summed E-state index contributed by atoms with van der Waals surface area (Å²) in [5, 5.41) is 2.41. The van der Waals surface area contributed by atoms with E-state index in [1.807, 2.05) is 30.5 Å². The van der Waals surface area contributed by atoms with Crippen molar-refractivity contribution in [3.63, 3.8) is 0 Å². The summed E-state index contributed by atoms with van der Waals surface area (Å²) in [5.41, 5.74) is 6.69. The molecule has 0 bridgehead atoms. The fraction of sp³-hybridized carbons (Fsp3) is 0.192. The molecule has 0 spiro atoms. The maximum absolute atomic E-state index is 6.26. The van der Waals surface area contributed by atoms with Gasteiger partial charge in [0.15, 0.2) is 0 Å². The summed E-state index contributed by atoms with van der Waals surface area (Å²) >= 11 is 12.5. The van der Waals surface area contributed by atoms with E-state index in [-0.39, 0.29) is 6.61 Å². The highest BCUT2D eigenvalue weighted by Gasteiger charge is 2.14. The van der Waals surface area contributed by atoms with Crippen LogP contribution in [0.1, 0.15) is 17.5 Å². The predicted octanol–water partition coefficient (Wildman–Crippen LogP) is 6.83. The van der Waals surface area contributed by atoms with Crippen LogP contribution >= 0.6 is 23.2 Å². The van der Waals surface area contributed by atoms with Gasteiger partial charge in [-0.05, 0) is 54.9 Å². The van der Waals surface area contributed by atoms with Gasteiger partial charge in [-0.1, -0.05) is 41.4 Å². The first-order valence-electron chi connectivity index (χ1n) is 10.6. The predicted molar refractivity (Wildman–Crippen MR) is 132 cm³/mol. The molecule has 0 saturated heterocycles. The standard InChI is InChI=1S/C26H23Cl2N3O/c1-31-9-7-17(8-10-31)22-15-30-26-6-5-18(12-21(22)26)19-11-20(14-29-13-19)32-16-23-24(27)3-2-4-25(23)28/h2-7,11-15,30H,8-10,16H2,1H3. The molecule has 0 atom stereocenters. The zero-order chi connectivity index (χ0) is 22.1. The van der Waals surface area contributed by atoms with Gasteiger partial charge in [-0.25, -0.2) is 0 Å². The minimum absolute atomic E-state index is 0.285. The van der Waals surface area contributed by atoms with E-state index in [4.69, 9.17) is 27.9 Å². The van der Waals surface area contributed by atoms with Crippen LogP contribution in [-0.4, -0.2) is 35.0 Å². The lowest BCUT2D eigenvalue weighted by Gasteiger charge is -2.21. The Labute approximate surface area is 197 Å². The van der Waals surface area contributed by atoms with E-state index in [1.165, 1.54) is 16.5 Å². The summed E-state index contributed by atoms with van der Waals surface area (Å²) in [5.74, 6) is 0.672. The Hall–Kier alpha value is -2.79. The number of rotatable bonds is 5. The van der Waals surface area contributed by atoms with Crippen molar-refractivity contribution in [2.24, 2.45) is 0 Å². The molecule has 1 N–H and O–H groups in total. The number of nitrogens with zero attached hydrogens (tertiary/aromatic N) is 2. The second kappa shape index (κ2) is 8.99. The Bertz CT molecular complexity index is 1290. The number of ether oxygens (including phenoxy) is 1. The number of halogens is 2. The molecule has 1 aliphatic rings. The van der Waals surface area contributed by atoms with E-state index in [0.29, 0.717) is 15.8 Å². The fourth-order valence-corrected chi connectivity index (χ4v) is 4.57. The Morgan fingerprint density at radius 3 is 2.69 bits per heavy atom. The monoisotopic (exact) mass is 463 g/mol. The molecule has 0 radical (unpaired) electrons. The number of H-pyrrole nitrogens is 1. The zero-order valence-corrected chi connectivity index (χ0v) is 19.2. The van der Waals surface area contributed by atoms with Crippen LogP contribution in [0.5, 0.6) is 5.75 Å². The summed E-state index contributed by atoms with van der Waals surface area (Å²) in [7, 11) is 2.16. The average Bonchev–Trinajstić information content (AvgIpc) is 3.23. The first-order chi connectivity index (χ1) is 15.6. The summed E-state index contributed by atoms with van der Waals surface area (Å²) in [6.45, 7) is 2.35. The smallest absolute Gasteiger partial charge is 0.138 e. The second-order valence-electron chi connectivity index (χ2n) is 8.10. The van der Waals surface area contributed by atoms with E-state index < -0.39 is 0 Å². The van der Waals surface area contributed by atoms with Crippen LogP contribution in [0.15, 0.2) is 67.1 Å². The molecule has 32 heavy (non-hydrogen) atoms. The number of likely N-dealkylation sites (N-methyl/N-ethyl adjacent to an activating group) is 1. The van der Waals surface area contributed by atoms with Crippen LogP contribution in [0.3, 0.4) is 0 Å². The maximum atomic E-state index is 6.26. The van der Waals surface area contributed by atoms with Gasteiger partial charge in [0.05, 0.1) is 6.20 Å². The quantitative estimate of drug-likeness (QED) is 0.352. The number of pyridine rings is 1. The lowest BCUT2D eigenvalue weighted by atomic mass is 9.97. The van der Waals surface area contributed by atoms with Gasteiger partial charge >= 0.3 is 0 Å². The average molecular weight is 464 g/mol. The lowest BCUT2D eigenvalue weighted by Crippen LogP contribution is -2.23.